The van der Waals surface area contributed by atoms with Crippen LogP contribution in [0.3, 0.4) is 0 Å². The summed E-state index contributed by atoms with van der Waals surface area (Å²) in [6, 6.07) is 12.6. The van der Waals surface area contributed by atoms with Gasteiger partial charge in [-0.05, 0) is 36.8 Å². The maximum Gasteiger partial charge on any atom is 0.253 e. The van der Waals surface area contributed by atoms with Crippen LogP contribution in [0.1, 0.15) is 22.8 Å². The number of carbonyl (C=O) groups is 1. The smallest absolute Gasteiger partial charge is 0.253 e. The van der Waals surface area contributed by atoms with Crippen molar-refractivity contribution in [1.82, 2.24) is 5.32 Å². The molecule has 0 atom stereocenters. The van der Waals surface area contributed by atoms with Crippen molar-refractivity contribution in [2.45, 2.75) is 13.5 Å². The molecule has 2 rings (SSSR count). The molecule has 0 spiro atoms. The van der Waals surface area contributed by atoms with Gasteiger partial charge in [0.2, 0.25) is 0 Å². The summed E-state index contributed by atoms with van der Waals surface area (Å²) in [6.07, 6.45) is 0. The average Bonchev–Trinajstić information content (AvgIpc) is 2.48. The molecule has 0 aliphatic heterocycles. The van der Waals surface area contributed by atoms with E-state index in [0.29, 0.717) is 22.2 Å². The number of nitrogens with one attached hydrogen (secondary N) is 2. The van der Waals surface area contributed by atoms with Gasteiger partial charge in [0.05, 0.1) is 5.56 Å². The highest BCUT2D eigenvalue weighted by Crippen LogP contribution is 2.21. The van der Waals surface area contributed by atoms with Crippen LogP contribution in [0.4, 0.5) is 5.69 Å². The fraction of sp³-hybridized carbons (Fsp3) is 0.188. The number of amides is 1. The Morgan fingerprint density at radius 3 is 2.62 bits per heavy atom. The van der Waals surface area contributed by atoms with Crippen molar-refractivity contribution in [3.05, 3.63) is 63.6 Å². The van der Waals surface area contributed by atoms with E-state index in [0.717, 1.165) is 17.8 Å². The second-order valence-electron chi connectivity index (χ2n) is 4.49. The van der Waals surface area contributed by atoms with Crippen molar-refractivity contribution in [3.63, 3.8) is 0 Å². The minimum absolute atomic E-state index is 0.187. The lowest BCUT2D eigenvalue weighted by Crippen LogP contribution is -2.24. The topological polar surface area (TPSA) is 41.1 Å². The van der Waals surface area contributed by atoms with E-state index in [1.54, 1.807) is 24.3 Å². The van der Waals surface area contributed by atoms with Crippen LogP contribution in [0.15, 0.2) is 42.5 Å². The molecule has 1 amide bonds. The standard InChI is InChI=1S/C16H16Cl2N2O/c1-2-19-15-8-7-12(17)9-13(15)16(21)20-10-11-5-3-4-6-14(11)18/h3-9,19H,2,10H2,1H3,(H,20,21). The molecule has 0 fully saturated rings. The number of halogens is 2. The Hall–Kier alpha value is -1.71. The highest BCUT2D eigenvalue weighted by Gasteiger charge is 2.12. The fourth-order valence-corrected chi connectivity index (χ4v) is 2.34. The number of carbonyl (C=O) groups excluding carboxylic acids is 1. The Labute approximate surface area is 134 Å². The molecular weight excluding hydrogens is 307 g/mol. The highest BCUT2D eigenvalue weighted by molar-refractivity contribution is 6.31. The third-order valence-corrected chi connectivity index (χ3v) is 3.59. The van der Waals surface area contributed by atoms with Gasteiger partial charge in [0.1, 0.15) is 0 Å². The molecular formula is C16H16Cl2N2O. The molecule has 0 bridgehead atoms. The maximum atomic E-state index is 12.3. The molecule has 0 aliphatic carbocycles. The number of hydrogen-bond donors (Lipinski definition) is 2. The van der Waals surface area contributed by atoms with Crippen LogP contribution in [-0.4, -0.2) is 12.5 Å². The monoisotopic (exact) mass is 322 g/mol. The molecule has 0 radical (unpaired) electrons. The Balaban J connectivity index is 2.13. The summed E-state index contributed by atoms with van der Waals surface area (Å²) in [7, 11) is 0. The molecule has 0 saturated heterocycles. The summed E-state index contributed by atoms with van der Waals surface area (Å²) in [6.45, 7) is 3.07. The van der Waals surface area contributed by atoms with E-state index in [9.17, 15) is 4.79 Å². The van der Waals surface area contributed by atoms with Crippen LogP contribution in [0.5, 0.6) is 0 Å². The van der Waals surface area contributed by atoms with Gasteiger partial charge in [-0.15, -0.1) is 0 Å². The van der Waals surface area contributed by atoms with Crippen molar-refractivity contribution in [3.8, 4) is 0 Å². The maximum absolute atomic E-state index is 12.3. The second-order valence-corrected chi connectivity index (χ2v) is 5.34. The minimum atomic E-state index is -0.187. The Morgan fingerprint density at radius 2 is 1.90 bits per heavy atom. The number of hydrogen-bond acceptors (Lipinski definition) is 2. The molecule has 5 heteroatoms. The summed E-state index contributed by atoms with van der Waals surface area (Å²) in [5.41, 5.74) is 2.16. The zero-order valence-corrected chi connectivity index (χ0v) is 13.1. The molecule has 110 valence electrons. The van der Waals surface area contributed by atoms with Crippen LogP contribution in [0.25, 0.3) is 0 Å². The van der Waals surface area contributed by atoms with Gasteiger partial charge in [-0.3, -0.25) is 4.79 Å². The van der Waals surface area contributed by atoms with E-state index in [4.69, 9.17) is 23.2 Å². The third kappa shape index (κ3) is 4.13. The van der Waals surface area contributed by atoms with Crippen LogP contribution >= 0.6 is 23.2 Å². The minimum Gasteiger partial charge on any atom is -0.385 e. The van der Waals surface area contributed by atoms with Crippen LogP contribution in [0.2, 0.25) is 10.0 Å². The fourth-order valence-electron chi connectivity index (χ4n) is 1.96. The largest absolute Gasteiger partial charge is 0.385 e. The van der Waals surface area contributed by atoms with E-state index < -0.39 is 0 Å². The van der Waals surface area contributed by atoms with Gasteiger partial charge in [0.25, 0.3) is 5.91 Å². The molecule has 0 heterocycles. The predicted molar refractivity (Wildman–Crippen MR) is 88.2 cm³/mol. The van der Waals surface area contributed by atoms with Gasteiger partial charge >= 0.3 is 0 Å². The zero-order valence-electron chi connectivity index (χ0n) is 11.6. The van der Waals surface area contributed by atoms with Crippen LogP contribution < -0.4 is 10.6 Å². The molecule has 0 saturated carbocycles. The average molecular weight is 323 g/mol. The van der Waals surface area contributed by atoms with E-state index in [1.165, 1.54) is 0 Å². The first kappa shape index (κ1) is 15.7. The van der Waals surface area contributed by atoms with E-state index in [-0.39, 0.29) is 5.91 Å². The molecule has 2 aromatic rings. The Kier molecular flexibility index (Phi) is 5.48. The second kappa shape index (κ2) is 7.34. The molecule has 0 unspecified atom stereocenters. The molecule has 2 N–H and O–H groups in total. The Morgan fingerprint density at radius 1 is 1.14 bits per heavy atom. The predicted octanol–water partition coefficient (Wildman–Crippen LogP) is 4.36. The summed E-state index contributed by atoms with van der Waals surface area (Å²) in [5, 5.41) is 7.17. The first-order valence-corrected chi connectivity index (χ1v) is 7.42. The summed E-state index contributed by atoms with van der Waals surface area (Å²) >= 11 is 12.0. The lowest BCUT2D eigenvalue weighted by atomic mass is 10.1. The van der Waals surface area contributed by atoms with Crippen molar-refractivity contribution in [2.75, 3.05) is 11.9 Å². The van der Waals surface area contributed by atoms with Crippen molar-refractivity contribution < 1.29 is 4.79 Å². The van der Waals surface area contributed by atoms with Crippen LogP contribution in [0, 0.1) is 0 Å². The first-order chi connectivity index (χ1) is 10.1. The van der Waals surface area contributed by atoms with E-state index in [1.807, 2.05) is 25.1 Å². The molecule has 3 nitrogen and oxygen atoms in total. The van der Waals surface area contributed by atoms with Crippen molar-refractivity contribution >= 4 is 34.8 Å². The van der Waals surface area contributed by atoms with Gasteiger partial charge in [0.15, 0.2) is 0 Å². The summed E-state index contributed by atoms with van der Waals surface area (Å²) < 4.78 is 0. The first-order valence-electron chi connectivity index (χ1n) is 6.67. The summed E-state index contributed by atoms with van der Waals surface area (Å²) in [4.78, 5) is 12.3. The lowest BCUT2D eigenvalue weighted by molar-refractivity contribution is 0.0951. The van der Waals surface area contributed by atoms with Crippen molar-refractivity contribution in [1.29, 1.82) is 0 Å². The normalized spacial score (nSPS) is 10.2. The lowest BCUT2D eigenvalue weighted by Gasteiger charge is -2.12. The molecule has 21 heavy (non-hydrogen) atoms. The van der Waals surface area contributed by atoms with Crippen LogP contribution in [-0.2, 0) is 6.54 Å². The van der Waals surface area contributed by atoms with Gasteiger partial charge < -0.3 is 10.6 Å². The van der Waals surface area contributed by atoms with Gasteiger partial charge in [-0.25, -0.2) is 0 Å². The number of rotatable bonds is 5. The number of benzene rings is 2. The van der Waals surface area contributed by atoms with Gasteiger partial charge in [-0.1, -0.05) is 41.4 Å². The van der Waals surface area contributed by atoms with Gasteiger partial charge in [-0.2, -0.15) is 0 Å². The molecule has 0 aliphatic rings. The van der Waals surface area contributed by atoms with E-state index in [2.05, 4.69) is 10.6 Å². The quantitative estimate of drug-likeness (QED) is 0.858. The third-order valence-electron chi connectivity index (χ3n) is 2.99. The van der Waals surface area contributed by atoms with E-state index >= 15 is 0 Å². The zero-order chi connectivity index (χ0) is 15.2. The molecule has 0 aromatic heterocycles. The SMILES string of the molecule is CCNc1ccc(Cl)cc1C(=O)NCc1ccccc1Cl. The Bertz CT molecular complexity index is 644. The number of anilines is 1. The van der Waals surface area contributed by atoms with Crippen molar-refractivity contribution in [2.24, 2.45) is 0 Å². The highest BCUT2D eigenvalue weighted by atomic mass is 35.5. The van der Waals surface area contributed by atoms with Gasteiger partial charge in [0, 0.05) is 28.8 Å². The molecule has 2 aromatic carbocycles. The summed E-state index contributed by atoms with van der Waals surface area (Å²) in [5.74, 6) is -0.187.